The number of ether oxygens (including phenoxy) is 1. The van der Waals surface area contributed by atoms with Crippen LogP contribution in [0.2, 0.25) is 0 Å². The number of carbonyl (C=O) groups excluding carboxylic acids is 1. The van der Waals surface area contributed by atoms with Crippen LogP contribution in [-0.4, -0.2) is 64.1 Å². The Hall–Kier alpha value is -2.69. The van der Waals surface area contributed by atoms with Crippen molar-refractivity contribution in [2.24, 2.45) is 5.92 Å². The van der Waals surface area contributed by atoms with Gasteiger partial charge >= 0.3 is 6.18 Å². The van der Waals surface area contributed by atoms with Crippen LogP contribution in [0.1, 0.15) is 42.2 Å². The highest BCUT2D eigenvalue weighted by Crippen LogP contribution is 2.33. The monoisotopic (exact) mass is 426 g/mol. The highest BCUT2D eigenvalue weighted by molar-refractivity contribution is 5.95. The molecule has 0 spiro atoms. The Bertz CT molecular complexity index is 845. The maximum atomic E-state index is 13.7. The van der Waals surface area contributed by atoms with E-state index in [1.165, 1.54) is 19.2 Å². The Morgan fingerprint density at radius 1 is 1.27 bits per heavy atom. The third-order valence-electron chi connectivity index (χ3n) is 5.15. The van der Waals surface area contributed by atoms with Crippen molar-refractivity contribution in [3.8, 4) is 11.7 Å². The number of likely N-dealkylation sites (tertiary alicyclic amines) is 1. The molecule has 0 aromatic carbocycles. The molecule has 0 unspecified atom stereocenters. The first kappa shape index (κ1) is 22.0. The van der Waals surface area contributed by atoms with E-state index in [-0.39, 0.29) is 18.2 Å². The van der Waals surface area contributed by atoms with Gasteiger partial charge in [0.05, 0.1) is 18.9 Å². The van der Waals surface area contributed by atoms with E-state index in [1.807, 2.05) is 0 Å². The number of aromatic nitrogens is 4. The molecule has 0 radical (unpaired) electrons. The second-order valence-corrected chi connectivity index (χ2v) is 7.38. The molecule has 1 aliphatic heterocycles. The molecule has 1 amide bonds. The molecule has 164 valence electrons. The van der Waals surface area contributed by atoms with Crippen LogP contribution in [0.3, 0.4) is 0 Å². The molecule has 0 aliphatic carbocycles. The molecule has 30 heavy (non-hydrogen) atoms. The summed E-state index contributed by atoms with van der Waals surface area (Å²) in [6.07, 6.45) is -0.936. The molecule has 0 saturated carbocycles. The summed E-state index contributed by atoms with van der Waals surface area (Å²) in [5, 5.41) is 13.6. The number of nitrogens with zero attached hydrogens (tertiary/aromatic N) is 5. The van der Waals surface area contributed by atoms with E-state index in [0.717, 1.165) is 44.6 Å². The number of amides is 1. The highest BCUT2D eigenvalue weighted by atomic mass is 19.4. The molecule has 11 heteroatoms. The van der Waals surface area contributed by atoms with Crippen LogP contribution < -0.4 is 10.1 Å². The Morgan fingerprint density at radius 2 is 2.00 bits per heavy atom. The summed E-state index contributed by atoms with van der Waals surface area (Å²) in [4.78, 5) is 14.7. The SMILES string of the molecule is COc1ccc(-n2ncc(C(=O)NCCCN3CCC(C)CC3)c2C(F)(F)F)nn1. The van der Waals surface area contributed by atoms with E-state index in [9.17, 15) is 18.0 Å². The number of alkyl halides is 3. The fraction of sp³-hybridized carbons (Fsp3) is 0.579. The van der Waals surface area contributed by atoms with Gasteiger partial charge in [-0.15, -0.1) is 10.2 Å². The van der Waals surface area contributed by atoms with E-state index in [4.69, 9.17) is 4.74 Å². The lowest BCUT2D eigenvalue weighted by Gasteiger charge is -2.30. The normalized spacial score (nSPS) is 15.9. The topological polar surface area (TPSA) is 85.2 Å². The predicted octanol–water partition coefficient (Wildman–Crippen LogP) is 2.54. The molecule has 3 rings (SSSR count). The minimum Gasteiger partial charge on any atom is -0.480 e. The van der Waals surface area contributed by atoms with Crippen LogP contribution in [0.25, 0.3) is 5.82 Å². The number of hydrogen-bond acceptors (Lipinski definition) is 6. The first-order valence-electron chi connectivity index (χ1n) is 9.83. The maximum absolute atomic E-state index is 13.7. The molecule has 1 saturated heterocycles. The van der Waals surface area contributed by atoms with Crippen molar-refractivity contribution in [1.29, 1.82) is 0 Å². The van der Waals surface area contributed by atoms with Crippen molar-refractivity contribution in [2.75, 3.05) is 33.3 Å². The van der Waals surface area contributed by atoms with Crippen molar-refractivity contribution < 1.29 is 22.7 Å². The van der Waals surface area contributed by atoms with Gasteiger partial charge in [0.1, 0.15) is 0 Å². The molecule has 2 aromatic rings. The van der Waals surface area contributed by atoms with Gasteiger partial charge in [0.15, 0.2) is 11.5 Å². The van der Waals surface area contributed by atoms with Gasteiger partial charge in [-0.05, 0) is 50.9 Å². The van der Waals surface area contributed by atoms with Gasteiger partial charge in [0, 0.05) is 12.6 Å². The maximum Gasteiger partial charge on any atom is 0.434 e. The zero-order chi connectivity index (χ0) is 21.7. The van der Waals surface area contributed by atoms with E-state index in [1.54, 1.807) is 0 Å². The predicted molar refractivity (Wildman–Crippen MR) is 102 cm³/mol. The fourth-order valence-electron chi connectivity index (χ4n) is 3.38. The molecular weight excluding hydrogens is 401 g/mol. The van der Waals surface area contributed by atoms with Gasteiger partial charge < -0.3 is 15.0 Å². The smallest absolute Gasteiger partial charge is 0.434 e. The second kappa shape index (κ2) is 9.41. The Morgan fingerprint density at radius 3 is 2.60 bits per heavy atom. The molecular formula is C19H25F3N6O2. The molecule has 1 aliphatic rings. The summed E-state index contributed by atoms with van der Waals surface area (Å²) in [7, 11) is 1.37. The third-order valence-corrected chi connectivity index (χ3v) is 5.15. The summed E-state index contributed by atoms with van der Waals surface area (Å²) >= 11 is 0. The third kappa shape index (κ3) is 5.26. The van der Waals surface area contributed by atoms with Crippen LogP contribution in [0, 0.1) is 5.92 Å². The second-order valence-electron chi connectivity index (χ2n) is 7.38. The number of methoxy groups -OCH3 is 1. The summed E-state index contributed by atoms with van der Waals surface area (Å²) in [6.45, 7) is 5.36. The summed E-state index contributed by atoms with van der Waals surface area (Å²) < 4.78 is 46.5. The summed E-state index contributed by atoms with van der Waals surface area (Å²) in [5.74, 6) is -0.0990. The highest BCUT2D eigenvalue weighted by Gasteiger charge is 2.41. The number of piperidine rings is 1. The molecule has 1 N–H and O–H groups in total. The first-order valence-corrected chi connectivity index (χ1v) is 9.83. The van der Waals surface area contributed by atoms with Crippen LogP contribution in [0.5, 0.6) is 5.88 Å². The number of halogens is 3. The first-order chi connectivity index (χ1) is 14.3. The van der Waals surface area contributed by atoms with Crippen molar-refractivity contribution in [1.82, 2.24) is 30.2 Å². The Kier molecular flexibility index (Phi) is 6.91. The average molecular weight is 426 g/mol. The quantitative estimate of drug-likeness (QED) is 0.685. The van der Waals surface area contributed by atoms with Crippen molar-refractivity contribution in [2.45, 2.75) is 32.4 Å². The number of hydrogen-bond donors (Lipinski definition) is 1. The largest absolute Gasteiger partial charge is 0.480 e. The average Bonchev–Trinajstić information content (AvgIpc) is 3.18. The number of nitrogens with one attached hydrogen (secondary N) is 1. The summed E-state index contributed by atoms with van der Waals surface area (Å²) in [5.41, 5.74) is -1.74. The summed E-state index contributed by atoms with van der Waals surface area (Å²) in [6, 6.07) is 2.65. The van der Waals surface area contributed by atoms with E-state index in [0.29, 0.717) is 11.1 Å². The Labute approximate surface area is 172 Å². The van der Waals surface area contributed by atoms with Crippen LogP contribution >= 0.6 is 0 Å². The molecule has 0 bridgehead atoms. The molecule has 8 nitrogen and oxygen atoms in total. The van der Waals surface area contributed by atoms with Gasteiger partial charge in [-0.1, -0.05) is 6.92 Å². The van der Waals surface area contributed by atoms with Crippen molar-refractivity contribution in [3.05, 3.63) is 29.6 Å². The van der Waals surface area contributed by atoms with Crippen LogP contribution in [-0.2, 0) is 6.18 Å². The fourth-order valence-corrected chi connectivity index (χ4v) is 3.38. The van der Waals surface area contributed by atoms with E-state index >= 15 is 0 Å². The lowest BCUT2D eigenvalue weighted by molar-refractivity contribution is -0.143. The van der Waals surface area contributed by atoms with Crippen molar-refractivity contribution >= 4 is 5.91 Å². The van der Waals surface area contributed by atoms with Crippen molar-refractivity contribution in [3.63, 3.8) is 0 Å². The van der Waals surface area contributed by atoms with Gasteiger partial charge in [-0.3, -0.25) is 4.79 Å². The minimum absolute atomic E-state index is 0.153. The van der Waals surface area contributed by atoms with E-state index < -0.39 is 23.3 Å². The molecule has 1 fully saturated rings. The standard InChI is InChI=1S/C19H25F3N6O2/c1-13-6-10-27(11-7-13)9-3-8-23-18(29)14-12-24-28(17(14)19(20,21)22)15-4-5-16(30-2)26-25-15/h4-5,12-13H,3,6-11H2,1-2H3,(H,23,29). The van der Waals surface area contributed by atoms with Crippen LogP contribution in [0.15, 0.2) is 18.3 Å². The van der Waals surface area contributed by atoms with Gasteiger partial charge in [0.25, 0.3) is 5.91 Å². The van der Waals surface area contributed by atoms with Gasteiger partial charge in [-0.2, -0.15) is 18.3 Å². The number of carbonyl (C=O) groups is 1. The zero-order valence-electron chi connectivity index (χ0n) is 16.9. The minimum atomic E-state index is -4.80. The van der Waals surface area contributed by atoms with Gasteiger partial charge in [0.2, 0.25) is 5.88 Å². The lowest BCUT2D eigenvalue weighted by atomic mass is 9.99. The zero-order valence-corrected chi connectivity index (χ0v) is 16.9. The molecule has 3 heterocycles. The van der Waals surface area contributed by atoms with E-state index in [2.05, 4.69) is 32.4 Å². The molecule has 2 aromatic heterocycles. The van der Waals surface area contributed by atoms with Gasteiger partial charge in [-0.25, -0.2) is 4.68 Å². The lowest BCUT2D eigenvalue weighted by Crippen LogP contribution is -2.35. The Balaban J connectivity index is 1.65. The molecule has 0 atom stereocenters. The number of rotatable bonds is 7. The van der Waals surface area contributed by atoms with Crippen LogP contribution in [0.4, 0.5) is 13.2 Å².